The molecule has 0 N–H and O–H groups in total. The fourth-order valence-corrected chi connectivity index (χ4v) is 3.50. The van der Waals surface area contributed by atoms with Gasteiger partial charge in [-0.25, -0.2) is 9.59 Å². The van der Waals surface area contributed by atoms with Crippen molar-refractivity contribution in [1.29, 1.82) is 0 Å². The van der Waals surface area contributed by atoms with Crippen LogP contribution in [0.25, 0.3) is 0 Å². The Morgan fingerprint density at radius 1 is 0.694 bits per heavy atom. The third kappa shape index (κ3) is 5.79. The molecule has 1 aromatic carbocycles. The average Bonchev–Trinajstić information content (AvgIpc) is 3.71. The van der Waals surface area contributed by atoms with Crippen molar-refractivity contribution in [3.63, 3.8) is 0 Å². The topological polar surface area (TPSA) is 115 Å². The maximum absolute atomic E-state index is 12.4. The van der Waals surface area contributed by atoms with Gasteiger partial charge in [0.25, 0.3) is 0 Å². The summed E-state index contributed by atoms with van der Waals surface area (Å²) in [7, 11) is 0. The molecule has 0 fully saturated rings. The molecule has 36 heavy (non-hydrogen) atoms. The molecule has 0 aliphatic carbocycles. The molecule has 0 atom stereocenters. The third-order valence-corrected chi connectivity index (χ3v) is 5.21. The Labute approximate surface area is 205 Å². The second-order valence-electron chi connectivity index (χ2n) is 7.91. The first-order valence-electron chi connectivity index (χ1n) is 11.2. The number of furan rings is 2. The molecule has 0 spiro atoms. The molecule has 0 saturated carbocycles. The van der Waals surface area contributed by atoms with Gasteiger partial charge in [-0.15, -0.1) is 0 Å². The summed E-state index contributed by atoms with van der Waals surface area (Å²) >= 11 is 0. The second kappa shape index (κ2) is 10.6. The molecule has 0 radical (unpaired) electrons. The van der Waals surface area contributed by atoms with Gasteiger partial charge in [0.1, 0.15) is 24.7 Å². The van der Waals surface area contributed by atoms with E-state index in [1.807, 2.05) is 24.3 Å². The van der Waals surface area contributed by atoms with Crippen molar-refractivity contribution in [2.24, 2.45) is 0 Å². The minimum absolute atomic E-state index is 0.0464. The highest BCUT2D eigenvalue weighted by molar-refractivity contribution is 5.86. The van der Waals surface area contributed by atoms with E-state index in [1.165, 1.54) is 0 Å². The lowest BCUT2D eigenvalue weighted by Crippen LogP contribution is -2.06. The van der Waals surface area contributed by atoms with Crippen molar-refractivity contribution in [1.82, 2.24) is 19.6 Å². The fourth-order valence-electron chi connectivity index (χ4n) is 3.50. The molecule has 5 rings (SSSR count). The molecule has 182 valence electrons. The predicted octanol–water partition coefficient (Wildman–Crippen LogP) is 4.08. The van der Waals surface area contributed by atoms with E-state index in [4.69, 9.17) is 18.3 Å². The second-order valence-corrected chi connectivity index (χ2v) is 7.91. The number of rotatable bonds is 10. The zero-order chi connectivity index (χ0) is 24.7. The standard InChI is InChI=1S/C26H22N4O6/c31-25(23-8-6-21(35-23)15-29-12-2-10-27-29)33-17-19-4-1-5-20(14-19)18-34-26(32)24-9-7-22(36-24)16-30-13-3-11-28-30/h1-14H,15-18H2. The monoisotopic (exact) mass is 486 g/mol. The number of hydrogen-bond acceptors (Lipinski definition) is 8. The number of hydrogen-bond donors (Lipinski definition) is 0. The Morgan fingerprint density at radius 3 is 1.64 bits per heavy atom. The number of esters is 2. The van der Waals surface area contributed by atoms with Gasteiger partial charge in [-0.1, -0.05) is 18.2 Å². The van der Waals surface area contributed by atoms with Crippen LogP contribution in [0.3, 0.4) is 0 Å². The molecular weight excluding hydrogens is 464 g/mol. The van der Waals surface area contributed by atoms with E-state index in [1.54, 1.807) is 70.5 Å². The van der Waals surface area contributed by atoms with Gasteiger partial charge in [-0.3, -0.25) is 9.36 Å². The fraction of sp³-hybridized carbons (Fsp3) is 0.154. The van der Waals surface area contributed by atoms with Crippen LogP contribution < -0.4 is 0 Å². The Morgan fingerprint density at radius 2 is 1.19 bits per heavy atom. The minimum atomic E-state index is -0.567. The zero-order valence-corrected chi connectivity index (χ0v) is 19.1. The summed E-state index contributed by atoms with van der Waals surface area (Å²) in [5, 5.41) is 8.22. The number of carbonyl (C=O) groups excluding carboxylic acids is 2. The van der Waals surface area contributed by atoms with Crippen LogP contribution in [0.1, 0.15) is 43.8 Å². The van der Waals surface area contributed by atoms with Gasteiger partial charge in [-0.05, 0) is 53.6 Å². The van der Waals surface area contributed by atoms with Crippen molar-refractivity contribution in [2.45, 2.75) is 26.3 Å². The van der Waals surface area contributed by atoms with Crippen molar-refractivity contribution in [2.75, 3.05) is 0 Å². The van der Waals surface area contributed by atoms with Crippen LogP contribution in [0.2, 0.25) is 0 Å². The maximum Gasteiger partial charge on any atom is 0.374 e. The molecule has 10 heteroatoms. The molecule has 5 aromatic rings. The van der Waals surface area contributed by atoms with Gasteiger partial charge in [0.2, 0.25) is 11.5 Å². The van der Waals surface area contributed by atoms with Crippen molar-refractivity contribution < 1.29 is 27.9 Å². The number of carbonyl (C=O) groups is 2. The molecule has 4 heterocycles. The molecule has 10 nitrogen and oxygen atoms in total. The molecule has 4 aromatic heterocycles. The largest absolute Gasteiger partial charge is 0.455 e. The summed E-state index contributed by atoms with van der Waals surface area (Å²) in [4.78, 5) is 24.7. The van der Waals surface area contributed by atoms with E-state index in [9.17, 15) is 9.59 Å². The smallest absolute Gasteiger partial charge is 0.374 e. The van der Waals surface area contributed by atoms with Crippen LogP contribution in [0.15, 0.2) is 94.3 Å². The van der Waals surface area contributed by atoms with Crippen LogP contribution in [-0.2, 0) is 35.8 Å². The van der Waals surface area contributed by atoms with E-state index in [2.05, 4.69) is 10.2 Å². The van der Waals surface area contributed by atoms with Gasteiger partial charge in [0.15, 0.2) is 0 Å². The average molecular weight is 486 g/mol. The Balaban J connectivity index is 1.11. The number of benzene rings is 1. The van der Waals surface area contributed by atoms with Gasteiger partial charge in [0, 0.05) is 24.8 Å². The lowest BCUT2D eigenvalue weighted by molar-refractivity contribution is 0.0433. The van der Waals surface area contributed by atoms with Crippen LogP contribution >= 0.6 is 0 Å². The van der Waals surface area contributed by atoms with Crippen LogP contribution in [0, 0.1) is 0 Å². The van der Waals surface area contributed by atoms with Crippen molar-refractivity contribution in [3.05, 3.63) is 120 Å². The van der Waals surface area contributed by atoms with Crippen LogP contribution in [0.5, 0.6) is 0 Å². The quantitative estimate of drug-likeness (QED) is 0.271. The summed E-state index contributed by atoms with van der Waals surface area (Å²) in [5.74, 6) is 0.295. The maximum atomic E-state index is 12.4. The van der Waals surface area contributed by atoms with E-state index >= 15 is 0 Å². The van der Waals surface area contributed by atoms with E-state index in [-0.39, 0.29) is 24.7 Å². The van der Waals surface area contributed by atoms with E-state index in [0.717, 1.165) is 11.1 Å². The predicted molar refractivity (Wildman–Crippen MR) is 125 cm³/mol. The SMILES string of the molecule is O=C(OCc1cccc(COC(=O)c2ccc(Cn3cccn3)o2)c1)c1ccc(Cn2cccn2)o1. The lowest BCUT2D eigenvalue weighted by atomic mass is 10.1. The van der Waals surface area contributed by atoms with Crippen molar-refractivity contribution >= 4 is 11.9 Å². The molecule has 0 unspecified atom stereocenters. The Kier molecular flexibility index (Phi) is 6.74. The van der Waals surface area contributed by atoms with Gasteiger partial charge < -0.3 is 18.3 Å². The van der Waals surface area contributed by atoms with Gasteiger partial charge in [-0.2, -0.15) is 10.2 Å². The Hall–Kier alpha value is -4.86. The zero-order valence-electron chi connectivity index (χ0n) is 19.1. The van der Waals surface area contributed by atoms with Crippen molar-refractivity contribution in [3.8, 4) is 0 Å². The first-order chi connectivity index (χ1) is 17.6. The number of ether oxygens (including phenoxy) is 2. The van der Waals surface area contributed by atoms with Crippen LogP contribution in [0.4, 0.5) is 0 Å². The Bertz CT molecular complexity index is 1330. The van der Waals surface area contributed by atoms with Crippen LogP contribution in [-0.4, -0.2) is 31.5 Å². The van der Waals surface area contributed by atoms with E-state index in [0.29, 0.717) is 24.6 Å². The highest BCUT2D eigenvalue weighted by Crippen LogP contribution is 2.15. The molecule has 0 aliphatic heterocycles. The summed E-state index contributed by atoms with van der Waals surface area (Å²) in [6.45, 7) is 0.935. The first kappa shape index (κ1) is 22.9. The molecule has 0 aliphatic rings. The van der Waals surface area contributed by atoms with Gasteiger partial charge >= 0.3 is 11.9 Å². The number of aromatic nitrogens is 4. The van der Waals surface area contributed by atoms with E-state index < -0.39 is 11.9 Å². The summed E-state index contributed by atoms with van der Waals surface area (Å²) in [5.41, 5.74) is 1.50. The summed E-state index contributed by atoms with van der Waals surface area (Å²) < 4.78 is 25.3. The normalized spacial score (nSPS) is 10.9. The highest BCUT2D eigenvalue weighted by atomic mass is 16.5. The number of nitrogens with zero attached hydrogens (tertiary/aromatic N) is 4. The molecular formula is C26H22N4O6. The summed E-state index contributed by atoms with van der Waals surface area (Å²) in [6, 6.07) is 17.4. The van der Waals surface area contributed by atoms with Gasteiger partial charge in [0.05, 0.1) is 13.1 Å². The first-order valence-corrected chi connectivity index (χ1v) is 11.2. The molecule has 0 saturated heterocycles. The lowest BCUT2D eigenvalue weighted by Gasteiger charge is -2.07. The minimum Gasteiger partial charge on any atom is -0.455 e. The third-order valence-electron chi connectivity index (χ3n) is 5.21. The molecule has 0 amide bonds. The summed E-state index contributed by atoms with van der Waals surface area (Å²) in [6.07, 6.45) is 6.95. The highest BCUT2D eigenvalue weighted by Gasteiger charge is 2.15. The molecule has 0 bridgehead atoms.